The Kier molecular flexibility index (Phi) is 4.17. The largest absolute Gasteiger partial charge is 0.420 e. The highest BCUT2D eigenvalue weighted by atomic mass is 32.1. The summed E-state index contributed by atoms with van der Waals surface area (Å²) in [5.41, 5.74) is 0.954. The normalized spacial score (nSPS) is 18.0. The first-order valence-corrected chi connectivity index (χ1v) is 8.98. The summed E-state index contributed by atoms with van der Waals surface area (Å²) in [6.45, 7) is 1.82. The molecule has 1 aliphatic heterocycles. The van der Waals surface area contributed by atoms with Crippen LogP contribution < -0.4 is 0 Å². The minimum atomic E-state index is 0.118. The van der Waals surface area contributed by atoms with Gasteiger partial charge >= 0.3 is 0 Å². The maximum atomic E-state index is 12.5. The van der Waals surface area contributed by atoms with E-state index in [4.69, 9.17) is 4.42 Å². The van der Waals surface area contributed by atoms with Crippen LogP contribution in [0.2, 0.25) is 0 Å². The zero-order chi connectivity index (χ0) is 16.4. The molecule has 3 aromatic rings. The van der Waals surface area contributed by atoms with E-state index in [1.165, 1.54) is 0 Å². The number of thiophene rings is 1. The number of aromatic nitrogens is 3. The first-order chi connectivity index (χ1) is 11.8. The molecule has 0 spiro atoms. The van der Waals surface area contributed by atoms with Crippen molar-refractivity contribution in [3.63, 3.8) is 0 Å². The fourth-order valence-electron chi connectivity index (χ4n) is 3.04. The number of nitrogens with zero attached hydrogens (tertiary/aromatic N) is 4. The van der Waals surface area contributed by atoms with Crippen LogP contribution in [0.25, 0.3) is 11.5 Å². The maximum absolute atomic E-state index is 12.5. The van der Waals surface area contributed by atoms with Crippen LogP contribution in [0.5, 0.6) is 0 Å². The highest BCUT2D eigenvalue weighted by Gasteiger charge is 2.28. The molecule has 0 N–H and O–H groups in total. The second-order valence-electron chi connectivity index (χ2n) is 5.99. The number of rotatable bonds is 4. The third kappa shape index (κ3) is 3.12. The minimum absolute atomic E-state index is 0.118. The van der Waals surface area contributed by atoms with Gasteiger partial charge < -0.3 is 13.9 Å². The van der Waals surface area contributed by atoms with E-state index in [1.54, 1.807) is 11.3 Å². The Hall–Kier alpha value is -2.41. The van der Waals surface area contributed by atoms with E-state index in [-0.39, 0.29) is 11.8 Å². The summed E-state index contributed by atoms with van der Waals surface area (Å²) >= 11 is 1.60. The van der Waals surface area contributed by atoms with Gasteiger partial charge in [-0.25, -0.2) is 0 Å². The van der Waals surface area contributed by atoms with Crippen molar-refractivity contribution >= 4 is 17.2 Å². The van der Waals surface area contributed by atoms with E-state index < -0.39 is 0 Å². The molecule has 1 atom stereocenters. The van der Waals surface area contributed by atoms with Gasteiger partial charge in [0.05, 0.1) is 5.92 Å². The fourth-order valence-corrected chi connectivity index (χ4v) is 3.67. The van der Waals surface area contributed by atoms with Gasteiger partial charge in [-0.2, -0.15) is 11.3 Å². The predicted octanol–water partition coefficient (Wildman–Crippen LogP) is 3.01. The third-order valence-electron chi connectivity index (χ3n) is 4.32. The molecule has 0 saturated carbocycles. The molecule has 0 radical (unpaired) electrons. The Morgan fingerprint density at radius 1 is 1.33 bits per heavy atom. The highest BCUT2D eigenvalue weighted by Crippen LogP contribution is 2.29. The second-order valence-corrected chi connectivity index (χ2v) is 6.77. The van der Waals surface area contributed by atoms with Crippen LogP contribution in [-0.4, -0.2) is 38.7 Å². The first kappa shape index (κ1) is 15.1. The van der Waals surface area contributed by atoms with E-state index in [9.17, 15) is 4.79 Å². The van der Waals surface area contributed by atoms with Gasteiger partial charge in [0, 0.05) is 36.4 Å². The maximum Gasteiger partial charge on any atom is 0.248 e. The van der Waals surface area contributed by atoms with Gasteiger partial charge in [0.2, 0.25) is 17.7 Å². The van der Waals surface area contributed by atoms with E-state index in [0.29, 0.717) is 24.9 Å². The Morgan fingerprint density at radius 3 is 3.00 bits per heavy atom. The predicted molar refractivity (Wildman–Crippen MR) is 90.6 cm³/mol. The van der Waals surface area contributed by atoms with E-state index in [0.717, 1.165) is 24.9 Å². The highest BCUT2D eigenvalue weighted by molar-refractivity contribution is 7.08. The van der Waals surface area contributed by atoms with Crippen molar-refractivity contribution in [2.75, 3.05) is 13.1 Å². The molecule has 1 saturated heterocycles. The van der Waals surface area contributed by atoms with Gasteiger partial charge in [-0.05, 0) is 36.4 Å². The average Bonchev–Trinajstić information content (AvgIpc) is 3.36. The Balaban J connectivity index is 1.44. The lowest BCUT2D eigenvalue weighted by Gasteiger charge is -2.31. The van der Waals surface area contributed by atoms with Crippen molar-refractivity contribution in [3.05, 3.63) is 47.2 Å². The summed E-state index contributed by atoms with van der Waals surface area (Å²) in [6, 6.07) is 5.82. The van der Waals surface area contributed by atoms with Crippen molar-refractivity contribution in [2.45, 2.75) is 25.3 Å². The summed E-state index contributed by atoms with van der Waals surface area (Å²) in [5, 5.41) is 12.3. The monoisotopic (exact) mass is 342 g/mol. The summed E-state index contributed by atoms with van der Waals surface area (Å²) in [6.07, 6.45) is 5.74. The number of carbonyl (C=O) groups is 1. The van der Waals surface area contributed by atoms with Gasteiger partial charge in [-0.1, -0.05) is 0 Å². The summed E-state index contributed by atoms with van der Waals surface area (Å²) in [4.78, 5) is 14.4. The van der Waals surface area contributed by atoms with Crippen LogP contribution in [0, 0.1) is 0 Å². The van der Waals surface area contributed by atoms with Crippen molar-refractivity contribution < 1.29 is 9.21 Å². The quantitative estimate of drug-likeness (QED) is 0.731. The van der Waals surface area contributed by atoms with Crippen LogP contribution in [0.4, 0.5) is 0 Å². The molecule has 1 aliphatic rings. The Labute approximate surface area is 143 Å². The smallest absolute Gasteiger partial charge is 0.248 e. The molecule has 1 unspecified atom stereocenters. The van der Waals surface area contributed by atoms with Crippen LogP contribution in [0.1, 0.15) is 24.7 Å². The van der Waals surface area contributed by atoms with Crippen molar-refractivity contribution in [1.82, 2.24) is 19.7 Å². The van der Waals surface area contributed by atoms with E-state index >= 15 is 0 Å². The number of piperidine rings is 1. The number of likely N-dealkylation sites (tertiary alicyclic amines) is 1. The number of hydrogen-bond donors (Lipinski definition) is 0. The van der Waals surface area contributed by atoms with Crippen LogP contribution >= 0.6 is 11.3 Å². The van der Waals surface area contributed by atoms with Crippen molar-refractivity contribution in [1.29, 1.82) is 0 Å². The zero-order valence-corrected chi connectivity index (χ0v) is 14.0. The molecule has 0 aliphatic carbocycles. The van der Waals surface area contributed by atoms with E-state index in [1.807, 2.05) is 50.8 Å². The standard InChI is InChI=1S/C17H18N4O2S/c22-15(11-20-6-1-2-7-20)21-8-3-4-13(10-21)16-18-19-17(23-16)14-5-9-24-12-14/h1-2,5-7,9,12-13H,3-4,8,10-11H2. The van der Waals surface area contributed by atoms with Crippen LogP contribution in [0.3, 0.4) is 0 Å². The average molecular weight is 342 g/mol. The molecular weight excluding hydrogens is 324 g/mol. The topological polar surface area (TPSA) is 64.2 Å². The molecule has 4 heterocycles. The van der Waals surface area contributed by atoms with Gasteiger partial charge in [-0.3, -0.25) is 4.79 Å². The summed E-state index contributed by atoms with van der Waals surface area (Å²) in [7, 11) is 0. The molecule has 4 rings (SSSR count). The van der Waals surface area contributed by atoms with Gasteiger partial charge in [0.15, 0.2) is 0 Å². The molecule has 3 aromatic heterocycles. The fraction of sp³-hybridized carbons (Fsp3) is 0.353. The minimum Gasteiger partial charge on any atom is -0.420 e. The van der Waals surface area contributed by atoms with E-state index in [2.05, 4.69) is 10.2 Å². The second kappa shape index (κ2) is 6.60. The lowest BCUT2D eigenvalue weighted by Crippen LogP contribution is -2.40. The number of hydrogen-bond acceptors (Lipinski definition) is 5. The molecule has 1 fully saturated rings. The molecule has 1 amide bonds. The van der Waals surface area contributed by atoms with Crippen LogP contribution in [0.15, 0.2) is 45.8 Å². The molecule has 0 bridgehead atoms. The number of carbonyl (C=O) groups excluding carboxylic acids is 1. The van der Waals surface area contributed by atoms with Crippen molar-refractivity contribution in [3.8, 4) is 11.5 Å². The lowest BCUT2D eigenvalue weighted by molar-refractivity contribution is -0.133. The summed E-state index contributed by atoms with van der Waals surface area (Å²) < 4.78 is 7.74. The Morgan fingerprint density at radius 2 is 2.21 bits per heavy atom. The van der Waals surface area contributed by atoms with Gasteiger partial charge in [0.1, 0.15) is 6.54 Å². The molecular formula is C17H18N4O2S. The molecule has 124 valence electrons. The van der Waals surface area contributed by atoms with Crippen molar-refractivity contribution in [2.24, 2.45) is 0 Å². The molecule has 6 nitrogen and oxygen atoms in total. The lowest BCUT2D eigenvalue weighted by atomic mass is 9.98. The molecule has 24 heavy (non-hydrogen) atoms. The SMILES string of the molecule is O=C(Cn1cccc1)N1CCCC(c2nnc(-c3ccsc3)o2)C1. The molecule has 0 aromatic carbocycles. The third-order valence-corrected chi connectivity index (χ3v) is 5.00. The van der Waals surface area contributed by atoms with Gasteiger partial charge in [-0.15, -0.1) is 10.2 Å². The Bertz CT molecular complexity index is 795. The molecule has 7 heteroatoms. The van der Waals surface area contributed by atoms with Gasteiger partial charge in [0.25, 0.3) is 0 Å². The van der Waals surface area contributed by atoms with Crippen LogP contribution in [-0.2, 0) is 11.3 Å². The number of amides is 1. The first-order valence-electron chi connectivity index (χ1n) is 8.04. The zero-order valence-electron chi connectivity index (χ0n) is 13.2. The summed E-state index contributed by atoms with van der Waals surface area (Å²) in [5.74, 6) is 1.44.